The lowest BCUT2D eigenvalue weighted by Crippen LogP contribution is -2.36. The van der Waals surface area contributed by atoms with Gasteiger partial charge in [-0.15, -0.1) is 0 Å². The predicted molar refractivity (Wildman–Crippen MR) is 129 cm³/mol. The number of fused-ring (bicyclic) bond motifs is 1. The normalized spacial score (nSPS) is 13.9. The highest BCUT2D eigenvalue weighted by atomic mass is 16.5. The predicted octanol–water partition coefficient (Wildman–Crippen LogP) is 4.09. The largest absolute Gasteiger partial charge is 0.492 e. The minimum atomic E-state index is -0.217. The number of nitrogens with zero attached hydrogens (tertiary/aromatic N) is 3. The summed E-state index contributed by atoms with van der Waals surface area (Å²) in [7, 11) is 0. The average Bonchev–Trinajstić information content (AvgIpc) is 3.16. The molecule has 0 saturated carbocycles. The van der Waals surface area contributed by atoms with Gasteiger partial charge in [0.1, 0.15) is 17.1 Å². The molecular weight excluding hydrogens is 420 g/mol. The summed E-state index contributed by atoms with van der Waals surface area (Å²) in [4.78, 5) is 20.0. The van der Waals surface area contributed by atoms with Crippen LogP contribution < -0.4 is 19.7 Å². The van der Waals surface area contributed by atoms with Gasteiger partial charge in [0.05, 0.1) is 49.1 Å². The Morgan fingerprint density at radius 1 is 1.09 bits per heavy atom. The van der Waals surface area contributed by atoms with E-state index in [0.717, 1.165) is 42.2 Å². The van der Waals surface area contributed by atoms with E-state index >= 15 is 0 Å². The summed E-state index contributed by atoms with van der Waals surface area (Å²) >= 11 is 0. The van der Waals surface area contributed by atoms with Crippen molar-refractivity contribution in [3.63, 3.8) is 0 Å². The van der Waals surface area contributed by atoms with Crippen LogP contribution in [0.15, 0.2) is 30.5 Å². The lowest BCUT2D eigenvalue weighted by molar-refractivity contribution is 0.102. The number of ether oxygens (including phenoxy) is 3. The van der Waals surface area contributed by atoms with Gasteiger partial charge in [0.15, 0.2) is 0 Å². The maximum Gasteiger partial charge on any atom is 0.257 e. The van der Waals surface area contributed by atoms with Crippen molar-refractivity contribution in [2.75, 3.05) is 49.7 Å². The summed E-state index contributed by atoms with van der Waals surface area (Å²) in [6.45, 7) is 11.9. The van der Waals surface area contributed by atoms with Gasteiger partial charge in [0.2, 0.25) is 0 Å². The third kappa shape index (κ3) is 4.75. The molecule has 0 atom stereocenters. The van der Waals surface area contributed by atoms with Crippen LogP contribution in [0.4, 0.5) is 11.4 Å². The van der Waals surface area contributed by atoms with E-state index in [1.807, 2.05) is 49.6 Å². The lowest BCUT2D eigenvalue weighted by Gasteiger charge is -2.31. The number of aromatic nitrogens is 2. The van der Waals surface area contributed by atoms with Crippen molar-refractivity contribution in [3.8, 4) is 11.5 Å². The molecule has 1 aliphatic rings. The summed E-state index contributed by atoms with van der Waals surface area (Å²) in [6.07, 6.45) is 2.68. The van der Waals surface area contributed by atoms with Gasteiger partial charge in [-0.05, 0) is 39.3 Å². The van der Waals surface area contributed by atoms with Crippen LogP contribution in [0.1, 0.15) is 42.5 Å². The highest BCUT2D eigenvalue weighted by molar-refractivity contribution is 6.05. The highest BCUT2D eigenvalue weighted by Gasteiger charge is 2.21. The zero-order valence-corrected chi connectivity index (χ0v) is 19.8. The summed E-state index contributed by atoms with van der Waals surface area (Å²) in [5, 5.41) is 3.02. The molecule has 3 aromatic rings. The van der Waals surface area contributed by atoms with E-state index in [0.29, 0.717) is 49.2 Å². The first-order valence-corrected chi connectivity index (χ1v) is 11.6. The van der Waals surface area contributed by atoms with E-state index in [2.05, 4.69) is 22.1 Å². The summed E-state index contributed by atoms with van der Waals surface area (Å²) in [5.41, 5.74) is 4.99. The molecule has 176 valence electrons. The number of hydrogen-bond donors (Lipinski definition) is 1. The molecule has 8 heteroatoms. The fourth-order valence-corrected chi connectivity index (χ4v) is 4.12. The van der Waals surface area contributed by atoms with Gasteiger partial charge >= 0.3 is 0 Å². The quantitative estimate of drug-likeness (QED) is 0.555. The number of imidazole rings is 1. The fraction of sp³-hybridized carbons (Fsp3) is 0.440. The van der Waals surface area contributed by atoms with Crippen LogP contribution in [0.2, 0.25) is 0 Å². The topological polar surface area (TPSA) is 77.3 Å². The molecular formula is C25H32N4O4. The Hall–Kier alpha value is -3.26. The summed E-state index contributed by atoms with van der Waals surface area (Å²) < 4.78 is 19.3. The Bertz CT molecular complexity index is 1140. The molecule has 1 N–H and O–H groups in total. The van der Waals surface area contributed by atoms with Crippen LogP contribution in [0, 0.1) is 6.92 Å². The molecule has 3 heterocycles. The number of amides is 1. The van der Waals surface area contributed by atoms with E-state index in [9.17, 15) is 4.79 Å². The molecule has 4 rings (SSSR count). The van der Waals surface area contributed by atoms with E-state index in [1.54, 1.807) is 6.07 Å². The van der Waals surface area contributed by atoms with Gasteiger partial charge in [0, 0.05) is 37.1 Å². The lowest BCUT2D eigenvalue weighted by atomic mass is 10.2. The molecule has 2 aromatic heterocycles. The zero-order chi connectivity index (χ0) is 23.4. The molecule has 0 radical (unpaired) electrons. The van der Waals surface area contributed by atoms with E-state index in [4.69, 9.17) is 14.2 Å². The molecule has 0 aliphatic carbocycles. The van der Waals surface area contributed by atoms with Crippen molar-refractivity contribution < 1.29 is 19.0 Å². The second-order valence-electron chi connectivity index (χ2n) is 7.88. The first kappa shape index (κ1) is 22.9. The molecule has 1 aliphatic heterocycles. The molecule has 0 spiro atoms. The molecule has 8 nitrogen and oxygen atoms in total. The number of carbonyl (C=O) groups excluding carboxylic acids is 1. The Balaban J connectivity index is 1.67. The fourth-order valence-electron chi connectivity index (χ4n) is 4.12. The van der Waals surface area contributed by atoms with Crippen LogP contribution >= 0.6 is 0 Å². The van der Waals surface area contributed by atoms with E-state index in [1.165, 1.54) is 0 Å². The monoisotopic (exact) mass is 452 g/mol. The Kier molecular flexibility index (Phi) is 7.03. The van der Waals surface area contributed by atoms with Gasteiger partial charge in [-0.1, -0.05) is 6.92 Å². The number of aryl methyl sites for hydroxylation is 2. The molecule has 1 fully saturated rings. The maximum atomic E-state index is 13.2. The van der Waals surface area contributed by atoms with Crippen molar-refractivity contribution in [3.05, 3.63) is 47.4 Å². The Morgan fingerprint density at radius 3 is 2.52 bits per heavy atom. The number of nitrogens with one attached hydrogen (secondary N) is 1. The van der Waals surface area contributed by atoms with Crippen molar-refractivity contribution in [2.45, 2.75) is 34.1 Å². The van der Waals surface area contributed by atoms with Crippen LogP contribution in [0.5, 0.6) is 11.5 Å². The SMILES string of the molecule is CCOc1cc(N2CCOCC2)c(OCC)cc1NC(=O)c1ccc2nc(CC)c(C)n2c1. The molecule has 1 amide bonds. The maximum absolute atomic E-state index is 13.2. The number of morpholine rings is 1. The third-order valence-corrected chi connectivity index (χ3v) is 5.81. The van der Waals surface area contributed by atoms with Gasteiger partial charge in [-0.25, -0.2) is 4.98 Å². The number of pyridine rings is 1. The van der Waals surface area contributed by atoms with Gasteiger partial charge in [-0.2, -0.15) is 0 Å². The molecule has 1 aromatic carbocycles. The summed E-state index contributed by atoms with van der Waals surface area (Å²) in [6, 6.07) is 7.47. The number of benzene rings is 1. The zero-order valence-electron chi connectivity index (χ0n) is 19.8. The minimum Gasteiger partial charge on any atom is -0.492 e. The first-order chi connectivity index (χ1) is 16.0. The van der Waals surface area contributed by atoms with Crippen LogP contribution in [0.25, 0.3) is 5.65 Å². The van der Waals surface area contributed by atoms with Crippen LogP contribution in [-0.2, 0) is 11.2 Å². The molecule has 0 unspecified atom stereocenters. The van der Waals surface area contributed by atoms with Crippen LogP contribution in [0.3, 0.4) is 0 Å². The minimum absolute atomic E-state index is 0.217. The second-order valence-corrected chi connectivity index (χ2v) is 7.88. The van der Waals surface area contributed by atoms with Crippen molar-refractivity contribution in [1.29, 1.82) is 0 Å². The van der Waals surface area contributed by atoms with Gasteiger partial charge in [-0.3, -0.25) is 4.79 Å². The van der Waals surface area contributed by atoms with E-state index < -0.39 is 0 Å². The molecule has 33 heavy (non-hydrogen) atoms. The second kappa shape index (κ2) is 10.1. The standard InChI is InChI=1S/C25H32N4O4/c1-5-19-17(4)29-16-18(8-9-24(29)26-19)25(30)27-20-14-23(33-7-3)21(15-22(20)32-6-2)28-10-12-31-13-11-28/h8-9,14-16H,5-7,10-13H2,1-4H3,(H,27,30). The average molecular weight is 453 g/mol. The number of hydrogen-bond acceptors (Lipinski definition) is 6. The molecule has 1 saturated heterocycles. The van der Waals surface area contributed by atoms with E-state index in [-0.39, 0.29) is 5.91 Å². The Labute approximate surface area is 194 Å². The smallest absolute Gasteiger partial charge is 0.257 e. The van der Waals surface area contributed by atoms with Crippen molar-refractivity contribution >= 4 is 22.9 Å². The van der Waals surface area contributed by atoms with Crippen LogP contribution in [-0.4, -0.2) is 54.8 Å². The summed E-state index contributed by atoms with van der Waals surface area (Å²) in [5.74, 6) is 1.11. The molecule has 0 bridgehead atoms. The third-order valence-electron chi connectivity index (χ3n) is 5.81. The number of rotatable bonds is 8. The highest BCUT2D eigenvalue weighted by Crippen LogP contribution is 2.39. The first-order valence-electron chi connectivity index (χ1n) is 11.6. The van der Waals surface area contributed by atoms with Crippen molar-refractivity contribution in [2.24, 2.45) is 0 Å². The number of anilines is 2. The van der Waals surface area contributed by atoms with Gasteiger partial charge < -0.3 is 28.8 Å². The Morgan fingerprint density at radius 2 is 1.82 bits per heavy atom. The van der Waals surface area contributed by atoms with Crippen molar-refractivity contribution in [1.82, 2.24) is 9.38 Å². The number of carbonyl (C=O) groups is 1. The van der Waals surface area contributed by atoms with Gasteiger partial charge in [0.25, 0.3) is 5.91 Å².